The molecule has 0 aliphatic carbocycles. The molecule has 0 aliphatic rings. The normalized spacial score (nSPS) is 11.4. The summed E-state index contributed by atoms with van der Waals surface area (Å²) in [4.78, 5) is 4.17. The molecule has 2 N–H and O–H groups in total. The SMILES string of the molecule is CCOCc1ccccc1CNC(=NC)NCCOC. The zero-order valence-electron chi connectivity index (χ0n) is 12.6. The maximum absolute atomic E-state index is 5.48. The Hall–Kier alpha value is -1.59. The van der Waals surface area contributed by atoms with Gasteiger partial charge in [-0.3, -0.25) is 4.99 Å². The van der Waals surface area contributed by atoms with Gasteiger partial charge in [-0.2, -0.15) is 0 Å². The lowest BCUT2D eigenvalue weighted by molar-refractivity contribution is 0.133. The van der Waals surface area contributed by atoms with E-state index in [0.717, 1.165) is 25.7 Å². The molecular formula is C15H25N3O2. The Kier molecular flexibility index (Phi) is 8.42. The summed E-state index contributed by atoms with van der Waals surface area (Å²) < 4.78 is 10.5. The van der Waals surface area contributed by atoms with Gasteiger partial charge in [-0.15, -0.1) is 0 Å². The third kappa shape index (κ3) is 6.04. The van der Waals surface area contributed by atoms with E-state index in [1.807, 2.05) is 19.1 Å². The number of benzene rings is 1. The predicted molar refractivity (Wildman–Crippen MR) is 81.8 cm³/mol. The van der Waals surface area contributed by atoms with Crippen molar-refractivity contribution in [3.63, 3.8) is 0 Å². The van der Waals surface area contributed by atoms with E-state index in [1.54, 1.807) is 14.2 Å². The van der Waals surface area contributed by atoms with E-state index in [9.17, 15) is 0 Å². The molecule has 0 saturated carbocycles. The van der Waals surface area contributed by atoms with E-state index >= 15 is 0 Å². The van der Waals surface area contributed by atoms with Crippen molar-refractivity contribution in [3.05, 3.63) is 35.4 Å². The van der Waals surface area contributed by atoms with Gasteiger partial charge in [0.1, 0.15) is 0 Å². The Morgan fingerprint density at radius 1 is 1.20 bits per heavy atom. The molecule has 0 fully saturated rings. The Balaban J connectivity index is 2.50. The molecule has 1 aromatic rings. The minimum Gasteiger partial charge on any atom is -0.383 e. The fourth-order valence-corrected chi connectivity index (χ4v) is 1.75. The van der Waals surface area contributed by atoms with E-state index < -0.39 is 0 Å². The van der Waals surface area contributed by atoms with Crippen molar-refractivity contribution in [2.75, 3.05) is 33.9 Å². The molecule has 0 saturated heterocycles. The van der Waals surface area contributed by atoms with Gasteiger partial charge in [-0.25, -0.2) is 0 Å². The second kappa shape index (κ2) is 10.2. The van der Waals surface area contributed by atoms with Crippen LogP contribution in [0.3, 0.4) is 0 Å². The Morgan fingerprint density at radius 3 is 2.60 bits per heavy atom. The van der Waals surface area contributed by atoms with Crippen molar-refractivity contribution in [1.29, 1.82) is 0 Å². The molecule has 0 aromatic heterocycles. The third-order valence-corrected chi connectivity index (χ3v) is 2.85. The number of ether oxygens (including phenoxy) is 2. The van der Waals surface area contributed by atoms with Crippen LogP contribution in [-0.2, 0) is 22.6 Å². The van der Waals surface area contributed by atoms with E-state index in [2.05, 4.69) is 27.8 Å². The first-order valence-corrected chi connectivity index (χ1v) is 6.89. The van der Waals surface area contributed by atoms with Gasteiger partial charge in [-0.1, -0.05) is 24.3 Å². The molecule has 0 bridgehead atoms. The molecule has 0 radical (unpaired) electrons. The number of nitrogens with one attached hydrogen (secondary N) is 2. The Labute approximate surface area is 121 Å². The second-order valence-corrected chi connectivity index (χ2v) is 4.25. The second-order valence-electron chi connectivity index (χ2n) is 4.25. The van der Waals surface area contributed by atoms with E-state index in [-0.39, 0.29) is 0 Å². The quantitative estimate of drug-likeness (QED) is 0.430. The summed E-state index contributed by atoms with van der Waals surface area (Å²) in [5, 5.41) is 6.48. The molecule has 5 heteroatoms. The zero-order chi connectivity index (χ0) is 14.6. The number of guanidine groups is 1. The van der Waals surface area contributed by atoms with Crippen molar-refractivity contribution in [1.82, 2.24) is 10.6 Å². The average molecular weight is 279 g/mol. The number of nitrogens with zero attached hydrogens (tertiary/aromatic N) is 1. The van der Waals surface area contributed by atoms with Crippen molar-refractivity contribution < 1.29 is 9.47 Å². The van der Waals surface area contributed by atoms with Crippen LogP contribution in [0, 0.1) is 0 Å². The van der Waals surface area contributed by atoms with Crippen molar-refractivity contribution in [2.24, 2.45) is 4.99 Å². The molecular weight excluding hydrogens is 254 g/mol. The summed E-state index contributed by atoms with van der Waals surface area (Å²) in [6, 6.07) is 8.26. The Morgan fingerprint density at radius 2 is 1.95 bits per heavy atom. The van der Waals surface area contributed by atoms with Gasteiger partial charge in [0, 0.05) is 33.9 Å². The largest absolute Gasteiger partial charge is 0.383 e. The summed E-state index contributed by atoms with van der Waals surface area (Å²) in [7, 11) is 3.44. The van der Waals surface area contributed by atoms with Crippen LogP contribution in [0.5, 0.6) is 0 Å². The van der Waals surface area contributed by atoms with E-state index in [1.165, 1.54) is 11.1 Å². The molecule has 1 rings (SSSR count). The number of aliphatic imine (C=N–C) groups is 1. The summed E-state index contributed by atoms with van der Waals surface area (Å²) in [5.74, 6) is 0.772. The molecule has 20 heavy (non-hydrogen) atoms. The topological polar surface area (TPSA) is 54.9 Å². The molecule has 0 spiro atoms. The van der Waals surface area contributed by atoms with Crippen LogP contribution in [0.15, 0.2) is 29.3 Å². The van der Waals surface area contributed by atoms with Gasteiger partial charge in [0.2, 0.25) is 0 Å². The molecule has 112 valence electrons. The molecule has 5 nitrogen and oxygen atoms in total. The highest BCUT2D eigenvalue weighted by Gasteiger charge is 2.03. The first kappa shape index (κ1) is 16.5. The lowest BCUT2D eigenvalue weighted by Gasteiger charge is -2.14. The van der Waals surface area contributed by atoms with Crippen LogP contribution in [0.4, 0.5) is 0 Å². The molecule has 0 aliphatic heterocycles. The van der Waals surface area contributed by atoms with Gasteiger partial charge in [0.15, 0.2) is 5.96 Å². The molecule has 1 aromatic carbocycles. The minimum absolute atomic E-state index is 0.643. The predicted octanol–water partition coefficient (Wildman–Crippen LogP) is 1.53. The van der Waals surface area contributed by atoms with Gasteiger partial charge in [0.05, 0.1) is 13.2 Å². The van der Waals surface area contributed by atoms with Crippen LogP contribution < -0.4 is 10.6 Å². The minimum atomic E-state index is 0.643. The van der Waals surface area contributed by atoms with Crippen molar-refractivity contribution >= 4 is 5.96 Å². The number of methoxy groups -OCH3 is 1. The molecule has 0 unspecified atom stereocenters. The highest BCUT2D eigenvalue weighted by Crippen LogP contribution is 2.09. The monoisotopic (exact) mass is 279 g/mol. The van der Waals surface area contributed by atoms with Gasteiger partial charge in [0.25, 0.3) is 0 Å². The van der Waals surface area contributed by atoms with Crippen LogP contribution >= 0.6 is 0 Å². The lowest BCUT2D eigenvalue weighted by atomic mass is 10.1. The maximum Gasteiger partial charge on any atom is 0.191 e. The highest BCUT2D eigenvalue weighted by atomic mass is 16.5. The zero-order valence-corrected chi connectivity index (χ0v) is 12.6. The maximum atomic E-state index is 5.48. The summed E-state index contributed by atoms with van der Waals surface area (Å²) >= 11 is 0. The standard InChI is InChI=1S/C15H25N3O2/c1-4-20-12-14-8-6-5-7-13(14)11-18-15(16-2)17-9-10-19-3/h5-8H,4,9-12H2,1-3H3,(H2,16,17,18). The van der Waals surface area contributed by atoms with Crippen LogP contribution in [0.1, 0.15) is 18.1 Å². The third-order valence-electron chi connectivity index (χ3n) is 2.85. The van der Waals surface area contributed by atoms with E-state index in [0.29, 0.717) is 13.2 Å². The molecule has 0 atom stereocenters. The number of hydrogen-bond acceptors (Lipinski definition) is 3. The summed E-state index contributed by atoms with van der Waals surface area (Å²) in [6.07, 6.45) is 0. The van der Waals surface area contributed by atoms with Crippen molar-refractivity contribution in [3.8, 4) is 0 Å². The van der Waals surface area contributed by atoms with Crippen molar-refractivity contribution in [2.45, 2.75) is 20.1 Å². The highest BCUT2D eigenvalue weighted by molar-refractivity contribution is 5.79. The van der Waals surface area contributed by atoms with Gasteiger partial charge >= 0.3 is 0 Å². The van der Waals surface area contributed by atoms with Gasteiger partial charge in [-0.05, 0) is 18.1 Å². The van der Waals surface area contributed by atoms with Crippen LogP contribution in [-0.4, -0.2) is 39.9 Å². The molecule has 0 heterocycles. The average Bonchev–Trinajstić information content (AvgIpc) is 2.49. The fourth-order valence-electron chi connectivity index (χ4n) is 1.75. The summed E-state index contributed by atoms with van der Waals surface area (Å²) in [5.41, 5.74) is 2.42. The summed E-state index contributed by atoms with van der Waals surface area (Å²) in [6.45, 7) is 5.47. The van der Waals surface area contributed by atoms with E-state index in [4.69, 9.17) is 9.47 Å². The first-order chi connectivity index (χ1) is 9.81. The smallest absolute Gasteiger partial charge is 0.191 e. The number of hydrogen-bond donors (Lipinski definition) is 2. The molecule has 0 amide bonds. The number of rotatable bonds is 8. The Bertz CT molecular complexity index is 408. The first-order valence-electron chi connectivity index (χ1n) is 6.89. The lowest BCUT2D eigenvalue weighted by Crippen LogP contribution is -2.38. The van der Waals surface area contributed by atoms with Crippen LogP contribution in [0.25, 0.3) is 0 Å². The van der Waals surface area contributed by atoms with Gasteiger partial charge < -0.3 is 20.1 Å². The van der Waals surface area contributed by atoms with Crippen LogP contribution in [0.2, 0.25) is 0 Å². The fraction of sp³-hybridized carbons (Fsp3) is 0.533.